The lowest BCUT2D eigenvalue weighted by Crippen LogP contribution is -2.55. The Morgan fingerprint density at radius 3 is 2.43 bits per heavy atom. The summed E-state index contributed by atoms with van der Waals surface area (Å²) in [4.78, 5) is 14.7. The number of aryl methyl sites for hydroxylation is 1. The van der Waals surface area contributed by atoms with Gasteiger partial charge in [-0.2, -0.15) is 0 Å². The highest BCUT2D eigenvalue weighted by molar-refractivity contribution is 7.77. The highest BCUT2D eigenvalue weighted by Crippen LogP contribution is 2.31. The van der Waals surface area contributed by atoms with E-state index in [0.717, 1.165) is 50.8 Å². The minimum atomic E-state index is -1.97. The normalized spacial score (nSPS) is 28.0. The molecule has 0 aromatic heterocycles. The average Bonchev–Trinajstić information content (AvgIpc) is 2.57. The zero-order valence-corrected chi connectivity index (χ0v) is 14.1. The first-order chi connectivity index (χ1) is 11.1. The molecule has 2 atom stereocenters. The molecular weight excluding hydrogens is 312 g/mol. The number of benzene rings is 1. The number of carbonyl (C=O) groups excluding carboxylic acids is 1. The van der Waals surface area contributed by atoms with E-state index in [1.165, 1.54) is 5.56 Å². The van der Waals surface area contributed by atoms with Crippen molar-refractivity contribution in [2.75, 3.05) is 13.1 Å². The quantitative estimate of drug-likeness (QED) is 0.746. The summed E-state index contributed by atoms with van der Waals surface area (Å²) in [7, 11) is 0. The fraction of sp³-hybridized carbons (Fsp3) is 0.588. The van der Waals surface area contributed by atoms with Gasteiger partial charge in [0.05, 0.1) is 6.04 Å². The molecule has 3 fully saturated rings. The van der Waals surface area contributed by atoms with Gasteiger partial charge in [-0.15, -0.1) is 0 Å². The lowest BCUT2D eigenvalue weighted by Gasteiger charge is -2.44. The van der Waals surface area contributed by atoms with Gasteiger partial charge in [0.1, 0.15) is 0 Å². The zero-order chi connectivity index (χ0) is 16.2. The minimum absolute atomic E-state index is 0.158. The Morgan fingerprint density at radius 2 is 1.83 bits per heavy atom. The van der Waals surface area contributed by atoms with E-state index in [9.17, 15) is 9.00 Å². The van der Waals surface area contributed by atoms with Crippen LogP contribution in [0.25, 0.3) is 0 Å². The topological polar surface area (TPSA) is 69.6 Å². The van der Waals surface area contributed by atoms with Crippen LogP contribution in [0, 0.1) is 5.92 Å². The number of hydrogen-bond acceptors (Lipinski definition) is 3. The largest absolute Gasteiger partial charge is 0.298 e. The fourth-order valence-corrected chi connectivity index (χ4v) is 4.03. The number of ketones is 1. The van der Waals surface area contributed by atoms with Crippen molar-refractivity contribution in [2.45, 2.75) is 44.7 Å². The summed E-state index contributed by atoms with van der Waals surface area (Å²) in [5.41, 5.74) is 2.24. The smallest absolute Gasteiger partial charge is 0.232 e. The summed E-state index contributed by atoms with van der Waals surface area (Å²) in [5.74, 6) is 0.801. The van der Waals surface area contributed by atoms with E-state index >= 15 is 0 Å². The summed E-state index contributed by atoms with van der Waals surface area (Å²) < 4.78 is 21.8. The monoisotopic (exact) mass is 336 g/mol. The van der Waals surface area contributed by atoms with Crippen LogP contribution in [0.2, 0.25) is 0 Å². The Kier molecular flexibility index (Phi) is 5.58. The van der Waals surface area contributed by atoms with Crippen LogP contribution in [-0.4, -0.2) is 38.6 Å². The summed E-state index contributed by atoms with van der Waals surface area (Å²) in [6, 6.07) is 8.24. The van der Waals surface area contributed by atoms with Crippen molar-refractivity contribution in [2.24, 2.45) is 5.92 Å². The summed E-state index contributed by atoms with van der Waals surface area (Å²) in [5, 5.41) is 0. The van der Waals surface area contributed by atoms with Crippen molar-refractivity contribution in [3.05, 3.63) is 35.4 Å². The van der Waals surface area contributed by atoms with Gasteiger partial charge in [-0.3, -0.25) is 14.2 Å². The van der Waals surface area contributed by atoms with Gasteiger partial charge in [0.25, 0.3) is 0 Å². The molecule has 2 bridgehead atoms. The number of Topliss-reactive ketones (excluding diaryl/α,β-unsaturated/α-hetero) is 1. The molecule has 3 heterocycles. The van der Waals surface area contributed by atoms with E-state index in [1.807, 2.05) is 12.1 Å². The van der Waals surface area contributed by atoms with Crippen LogP contribution in [0.3, 0.4) is 0 Å². The van der Waals surface area contributed by atoms with Crippen molar-refractivity contribution in [1.82, 2.24) is 9.62 Å². The van der Waals surface area contributed by atoms with Gasteiger partial charge in [0.2, 0.25) is 11.3 Å². The Balaban J connectivity index is 1.45. The van der Waals surface area contributed by atoms with Crippen molar-refractivity contribution in [3.8, 4) is 0 Å². The van der Waals surface area contributed by atoms with Crippen LogP contribution in [0.15, 0.2) is 24.3 Å². The van der Waals surface area contributed by atoms with Crippen LogP contribution in [0.1, 0.15) is 36.8 Å². The first-order valence-corrected chi connectivity index (χ1v) is 9.44. The third kappa shape index (κ3) is 4.26. The molecule has 2 N–H and O–H groups in total. The van der Waals surface area contributed by atoms with Crippen LogP contribution in [-0.2, 0) is 29.0 Å². The number of hydrogen-bond donors (Lipinski definition) is 2. The van der Waals surface area contributed by atoms with Crippen molar-refractivity contribution < 1.29 is 13.6 Å². The first kappa shape index (κ1) is 16.8. The van der Waals surface area contributed by atoms with Crippen molar-refractivity contribution in [1.29, 1.82) is 0 Å². The lowest BCUT2D eigenvalue weighted by atomic mass is 9.80. The molecule has 0 saturated carbocycles. The van der Waals surface area contributed by atoms with Gasteiger partial charge in [0, 0.05) is 12.5 Å². The summed E-state index contributed by atoms with van der Waals surface area (Å²) in [6.07, 6.45) is 5.08. The number of carbonyl (C=O) groups is 1. The Labute approximate surface area is 139 Å². The number of piperidine rings is 3. The molecule has 1 aromatic rings. The van der Waals surface area contributed by atoms with Gasteiger partial charge in [-0.25, -0.2) is 8.93 Å². The molecule has 0 spiro atoms. The molecule has 0 radical (unpaired) electrons. The van der Waals surface area contributed by atoms with Gasteiger partial charge < -0.3 is 0 Å². The van der Waals surface area contributed by atoms with E-state index in [0.29, 0.717) is 18.2 Å². The standard InChI is InChI=1S/C17H24N2O3S/c20-17-15-8-10-19(11-9-15)16(17)3-1-2-13-4-6-14(7-5-13)12-18-23(21)22/h4-7,15-16,18H,1-3,8-12H2,(H,21,22). The lowest BCUT2D eigenvalue weighted by molar-refractivity contribution is -0.137. The predicted molar refractivity (Wildman–Crippen MR) is 90.1 cm³/mol. The molecule has 0 aliphatic carbocycles. The molecule has 0 amide bonds. The third-order valence-corrected chi connectivity index (χ3v) is 5.46. The highest BCUT2D eigenvalue weighted by Gasteiger charge is 2.40. The van der Waals surface area contributed by atoms with E-state index in [-0.39, 0.29) is 6.04 Å². The maximum absolute atomic E-state index is 12.3. The molecule has 5 nitrogen and oxygen atoms in total. The first-order valence-electron chi connectivity index (χ1n) is 8.33. The molecular formula is C17H24N2O3S. The average molecular weight is 336 g/mol. The second-order valence-electron chi connectivity index (χ2n) is 6.51. The SMILES string of the molecule is O=C1C2CCN(CC2)C1CCCc1ccc(CNS(=O)O)cc1. The van der Waals surface area contributed by atoms with E-state index in [1.54, 1.807) is 0 Å². The second kappa shape index (κ2) is 7.66. The second-order valence-corrected chi connectivity index (χ2v) is 7.29. The van der Waals surface area contributed by atoms with Crippen molar-refractivity contribution >= 4 is 17.0 Å². The van der Waals surface area contributed by atoms with Crippen LogP contribution < -0.4 is 4.72 Å². The Morgan fingerprint density at radius 1 is 1.17 bits per heavy atom. The molecule has 3 aliphatic heterocycles. The fourth-order valence-electron chi connectivity index (χ4n) is 3.74. The Bertz CT molecular complexity index is 568. The molecule has 3 aliphatic rings. The zero-order valence-electron chi connectivity index (χ0n) is 13.2. The molecule has 23 heavy (non-hydrogen) atoms. The van der Waals surface area contributed by atoms with Crippen LogP contribution >= 0.6 is 0 Å². The molecule has 1 aromatic carbocycles. The molecule has 6 heteroatoms. The van der Waals surface area contributed by atoms with Crippen molar-refractivity contribution in [3.63, 3.8) is 0 Å². The maximum Gasteiger partial charge on any atom is 0.232 e. The molecule has 4 rings (SSSR count). The minimum Gasteiger partial charge on any atom is -0.298 e. The highest BCUT2D eigenvalue weighted by atomic mass is 32.2. The molecule has 2 unspecified atom stereocenters. The van der Waals surface area contributed by atoms with E-state index in [2.05, 4.69) is 21.8 Å². The van der Waals surface area contributed by atoms with Gasteiger partial charge >= 0.3 is 0 Å². The molecule has 3 saturated heterocycles. The molecule has 126 valence electrons. The summed E-state index contributed by atoms with van der Waals surface area (Å²) in [6.45, 7) is 2.57. The van der Waals surface area contributed by atoms with Gasteiger partial charge in [0.15, 0.2) is 5.78 Å². The number of rotatable bonds is 7. The van der Waals surface area contributed by atoms with Gasteiger partial charge in [-0.05, 0) is 56.3 Å². The van der Waals surface area contributed by atoms with E-state index in [4.69, 9.17) is 4.55 Å². The third-order valence-electron chi connectivity index (χ3n) is 5.07. The number of nitrogens with zero attached hydrogens (tertiary/aromatic N) is 1. The summed E-state index contributed by atoms with van der Waals surface area (Å²) >= 11 is -1.97. The van der Waals surface area contributed by atoms with Crippen LogP contribution in [0.4, 0.5) is 0 Å². The maximum atomic E-state index is 12.3. The Hall–Kier alpha value is -1.08. The number of fused-ring (bicyclic) bond motifs is 3. The predicted octanol–water partition coefficient (Wildman–Crippen LogP) is 1.90. The van der Waals surface area contributed by atoms with Gasteiger partial charge in [-0.1, -0.05) is 24.3 Å². The van der Waals surface area contributed by atoms with E-state index < -0.39 is 11.3 Å². The number of nitrogens with one attached hydrogen (secondary N) is 1. The van der Waals surface area contributed by atoms with Crippen LogP contribution in [0.5, 0.6) is 0 Å².